The Morgan fingerprint density at radius 1 is 0.219 bits per heavy atom. The van der Waals surface area contributed by atoms with Crippen LogP contribution in [0.4, 0.5) is 0 Å². The van der Waals surface area contributed by atoms with E-state index in [2.05, 4.69) is 31.9 Å². The third-order valence-electron chi connectivity index (χ3n) is 23.2. The Morgan fingerprint density at radius 2 is 0.500 bits per heavy atom. The van der Waals surface area contributed by atoms with Gasteiger partial charge in [0.1, 0.15) is 238 Å². The highest BCUT2D eigenvalue weighted by atomic mass is 16.8. The summed E-state index contributed by atoms with van der Waals surface area (Å²) >= 11 is 0. The van der Waals surface area contributed by atoms with E-state index in [0.717, 1.165) is 41.5 Å². The van der Waals surface area contributed by atoms with E-state index in [1.54, 1.807) is 0 Å². The van der Waals surface area contributed by atoms with Gasteiger partial charge in [0.05, 0.1) is 65.6 Å². The molecule has 0 aliphatic carbocycles. The zero-order valence-corrected chi connectivity index (χ0v) is 69.6. The van der Waals surface area contributed by atoms with Crippen LogP contribution in [0.25, 0.3) is 0 Å². The van der Waals surface area contributed by atoms with Crippen molar-refractivity contribution in [1.82, 2.24) is 31.9 Å². The molecule has 10 heterocycles. The summed E-state index contributed by atoms with van der Waals surface area (Å²) in [6.45, 7) is -2.95. The van der Waals surface area contributed by atoms with Crippen molar-refractivity contribution in [1.29, 1.82) is 0 Å². The number of hydrogen-bond acceptors (Lipinski definition) is 50. The van der Waals surface area contributed by atoms with E-state index >= 15 is 0 Å². The first-order valence-electron chi connectivity index (χ1n) is 41.0. The van der Waals surface area contributed by atoms with E-state index in [-0.39, 0.29) is 0 Å². The first-order chi connectivity index (χ1) is 60.4. The van der Waals surface area contributed by atoms with Crippen molar-refractivity contribution in [2.24, 2.45) is 0 Å². The summed E-state index contributed by atoms with van der Waals surface area (Å²) in [4.78, 5) is 76.7. The molecule has 10 rings (SSSR count). The van der Waals surface area contributed by atoms with Gasteiger partial charge >= 0.3 is 0 Å². The zero-order chi connectivity index (χ0) is 94.4. The molecular weight excluding hydrogens is 1750 g/mol. The fourth-order valence-corrected chi connectivity index (χ4v) is 16.5. The van der Waals surface area contributed by atoms with Gasteiger partial charge in [0.15, 0.2) is 62.9 Å². The van der Waals surface area contributed by atoms with Gasteiger partial charge in [-0.15, -0.1) is 0 Å². The predicted molar refractivity (Wildman–Crippen MR) is 398 cm³/mol. The maximum atomic E-state index is 13.4. The van der Waals surface area contributed by atoms with Gasteiger partial charge in [-0.1, -0.05) is 0 Å². The molecule has 1 unspecified atom stereocenters. The molecule has 0 spiro atoms. The molecule has 10 aliphatic heterocycles. The van der Waals surface area contributed by atoms with Gasteiger partial charge in [-0.05, 0) is 6.92 Å². The molecule has 56 nitrogen and oxygen atoms in total. The van der Waals surface area contributed by atoms with Crippen LogP contribution >= 0.6 is 0 Å². The molecular formula is C72H120N6O50. The molecule has 128 heavy (non-hydrogen) atoms. The van der Waals surface area contributed by atoms with Crippen molar-refractivity contribution < 1.29 is 246 Å². The number of nitrogens with one attached hydrogen (secondary N) is 6. The number of aliphatic hydroxyl groups is 25. The number of ether oxygens (including phenoxy) is 19. The summed E-state index contributed by atoms with van der Waals surface area (Å²) in [5.74, 6) is -5.46. The van der Waals surface area contributed by atoms with Crippen molar-refractivity contribution in [3.05, 3.63) is 0 Å². The van der Waals surface area contributed by atoms with Crippen LogP contribution in [-0.2, 0) is 119 Å². The fraction of sp³-hybridized carbons (Fsp3) is 0.917. The Balaban J connectivity index is 1.05. The molecule has 0 aromatic carbocycles. The molecule has 0 bridgehead atoms. The maximum absolute atomic E-state index is 13.4. The van der Waals surface area contributed by atoms with Crippen LogP contribution in [0, 0.1) is 0 Å². The second-order valence-corrected chi connectivity index (χ2v) is 32.5. The Kier molecular flexibility index (Phi) is 37.8. The van der Waals surface area contributed by atoms with E-state index in [4.69, 9.17) is 90.0 Å². The minimum absolute atomic E-state index is 0.823. The summed E-state index contributed by atoms with van der Waals surface area (Å²) in [5.41, 5.74) is 0. The normalized spacial score (nSPS) is 47.8. The van der Waals surface area contributed by atoms with Crippen molar-refractivity contribution >= 4 is 35.4 Å². The van der Waals surface area contributed by atoms with Crippen LogP contribution in [0.2, 0.25) is 0 Å². The summed E-state index contributed by atoms with van der Waals surface area (Å²) < 4.78 is 115. The Labute approximate surface area is 726 Å². The average Bonchev–Trinajstić information content (AvgIpc) is 0.760. The van der Waals surface area contributed by atoms with Crippen LogP contribution in [0.3, 0.4) is 0 Å². The fourth-order valence-electron chi connectivity index (χ4n) is 16.5. The van der Waals surface area contributed by atoms with E-state index < -0.39 is 402 Å². The van der Waals surface area contributed by atoms with Crippen LogP contribution in [-0.4, -0.2) is 529 Å². The average molecular weight is 1870 g/mol. The van der Waals surface area contributed by atoms with Gasteiger partial charge in [0, 0.05) is 41.5 Å². The lowest BCUT2D eigenvalue weighted by atomic mass is 9.93. The van der Waals surface area contributed by atoms with E-state index in [0.29, 0.717) is 0 Å². The summed E-state index contributed by atoms with van der Waals surface area (Å²) in [6, 6.07) is -11.1. The van der Waals surface area contributed by atoms with Gasteiger partial charge in [-0.3, -0.25) is 28.8 Å². The largest absolute Gasteiger partial charge is 0.394 e. The topological polar surface area (TPSA) is 856 Å². The van der Waals surface area contributed by atoms with Gasteiger partial charge in [-0.25, -0.2) is 0 Å². The zero-order valence-electron chi connectivity index (χ0n) is 69.6. The number of aliphatic hydroxyl groups excluding tert-OH is 25. The molecule has 56 heteroatoms. The van der Waals surface area contributed by atoms with Crippen molar-refractivity contribution in [3.63, 3.8) is 0 Å². The Bertz CT molecular complexity index is 3550. The molecule has 6 amide bonds. The maximum Gasteiger partial charge on any atom is 0.217 e. The molecule has 10 aliphatic rings. The molecule has 10 fully saturated rings. The number of amides is 6. The SMILES string of the molecule is CC(=O)N[C@H]1[C@H](O[C@H]2[C@H](O)[C@@H](NC(C)=O)C(O)O[C@@H]2CO[C@@H]2O[C@@H](C)[C@@H](O)[C@@H](O)[C@@H]2O)O[C@H](CO)[C@@H](O[C@@H]2O[C@H](CO[C@H]3O[C@H](CO[C@@H]4O[C@H](CO)[C@@H](O)[C@H](O)[C@H]4NC(C)=O)[C@@H](O)[C@H](O)[C@@H]3O[C@@H]3O[C@H](CO)[C@@H](O)[C@H](O)[C@H]3NC(C)=O)[C@@H](O)[C@H](O[C@H]3O[C@H](CO)[C@@H](O[C@@H]4O[C@H](CO)[C@@H](O)[C@H](O)[C@H]4NC(C)=O)[C@H](O)[C@@H]3O[C@@H]3O[C@H](CO)[C@@H](O)[C@H](O)[C@H]3NC(C)=O)[C@@H]2O)[C@@H]1O. The first-order valence-corrected chi connectivity index (χ1v) is 41.0. The van der Waals surface area contributed by atoms with E-state index in [1.165, 1.54) is 6.92 Å². The standard InChI is InChI=1S/C72H120N6O50/c1-17-39(91)52(104)54(106)69(113-17)111-16-32-59(50(102)33(63(109)114-32)73-18(2)85)124-68-38(78-23(7)90)51(103)57(28(12-83)119-68)125-70-56(108)60(126-72-62(128-67-37(77-22(6)89)49(101)43(95)27(11-82)118-67)55(107)58(29(13-84)120-72)123-65-35(75-20(4)87)47(99)41(93)25(9-80)116-65)45(97)31(121-70)15-112-71-61(127-66-36(76-21(5)88)48(100)42(94)26(10-81)117-66)53(105)44(96)30(122-71)14-110-64-34(74-19(3)86)46(98)40(92)24(8-79)115-64/h17,24-72,79-84,91-109H,8-16H2,1-7H3,(H,73,85)(H,74,86)(H,75,87)(H,76,88)(H,77,89)(H,78,90)/t17-,24+,25+,26+,27+,28+,29+,30+,31+,32+,33+,34+,35+,36+,37+,38+,39+,40+,41+,42+,43+,44+,45+,46+,47+,48+,49+,50+,51+,52+,53-,54-,55-,56-,57+,58+,59+,60-,61-,62-,63?,64+,65-,66-,67-,68-,69+,70-,71-,72+/m0/s1. The third kappa shape index (κ3) is 23.9. The first kappa shape index (κ1) is 105. The highest BCUT2D eigenvalue weighted by molar-refractivity contribution is 5.75. The Hall–Kier alpha value is -4.94. The third-order valence-corrected chi connectivity index (χ3v) is 23.2. The highest BCUT2D eigenvalue weighted by Gasteiger charge is 2.62. The molecule has 0 saturated carbocycles. The van der Waals surface area contributed by atoms with Crippen molar-refractivity contribution in [2.45, 2.75) is 355 Å². The van der Waals surface area contributed by atoms with Crippen LogP contribution in [0.15, 0.2) is 0 Å². The summed E-state index contributed by atoms with van der Waals surface area (Å²) in [5, 5.41) is 298. The summed E-state index contributed by atoms with van der Waals surface area (Å²) in [6.07, 6.45) is -92.5. The van der Waals surface area contributed by atoms with Gasteiger partial charge < -0.3 is 250 Å². The molecule has 31 N–H and O–H groups in total. The minimum Gasteiger partial charge on any atom is -0.394 e. The molecule has 0 aromatic rings. The van der Waals surface area contributed by atoms with Crippen molar-refractivity contribution in [2.75, 3.05) is 59.5 Å². The van der Waals surface area contributed by atoms with Crippen LogP contribution < -0.4 is 31.9 Å². The number of carbonyl (C=O) groups excluding carboxylic acids is 6. The van der Waals surface area contributed by atoms with E-state index in [9.17, 15) is 156 Å². The highest BCUT2D eigenvalue weighted by Crippen LogP contribution is 2.41. The van der Waals surface area contributed by atoms with Gasteiger partial charge in [0.2, 0.25) is 35.4 Å². The molecule has 50 atom stereocenters. The predicted octanol–water partition coefficient (Wildman–Crippen LogP) is -20.9. The number of carbonyl (C=O) groups is 6. The van der Waals surface area contributed by atoms with Crippen LogP contribution in [0.1, 0.15) is 48.5 Å². The molecule has 738 valence electrons. The quantitative estimate of drug-likeness (QED) is 0.0290. The smallest absolute Gasteiger partial charge is 0.217 e. The molecule has 0 radical (unpaired) electrons. The molecule has 0 aromatic heterocycles. The lowest BCUT2D eigenvalue weighted by Gasteiger charge is -2.52. The second-order valence-electron chi connectivity index (χ2n) is 32.5. The Morgan fingerprint density at radius 3 is 0.922 bits per heavy atom. The van der Waals surface area contributed by atoms with Crippen LogP contribution in [0.5, 0.6) is 0 Å². The lowest BCUT2D eigenvalue weighted by molar-refractivity contribution is -0.403. The monoisotopic (exact) mass is 1870 g/mol. The van der Waals surface area contributed by atoms with E-state index in [1.807, 2.05) is 0 Å². The second kappa shape index (κ2) is 46.1. The number of rotatable bonds is 33. The number of hydrogen-bond donors (Lipinski definition) is 31. The minimum atomic E-state index is -2.70. The van der Waals surface area contributed by atoms with Gasteiger partial charge in [0.25, 0.3) is 0 Å². The van der Waals surface area contributed by atoms with Gasteiger partial charge in [-0.2, -0.15) is 0 Å². The van der Waals surface area contributed by atoms with Crippen molar-refractivity contribution in [3.8, 4) is 0 Å². The lowest BCUT2D eigenvalue weighted by Crippen LogP contribution is -2.71. The summed E-state index contributed by atoms with van der Waals surface area (Å²) in [7, 11) is 0. The molecule has 10 saturated heterocycles.